The molecule has 1 aromatic carbocycles. The number of carbonyl (C=O) groups excluding carboxylic acids is 1. The van der Waals surface area contributed by atoms with Gasteiger partial charge in [-0.25, -0.2) is 0 Å². The van der Waals surface area contributed by atoms with Gasteiger partial charge in [0.15, 0.2) is 6.61 Å². The zero-order valence-electron chi connectivity index (χ0n) is 11.0. The fraction of sp³-hybridized carbons (Fsp3) is 0.533. The van der Waals surface area contributed by atoms with Gasteiger partial charge in [0.2, 0.25) is 0 Å². The van der Waals surface area contributed by atoms with Gasteiger partial charge in [-0.2, -0.15) is 0 Å². The molecule has 1 heterocycles. The topological polar surface area (TPSA) is 55.6 Å². The van der Waals surface area contributed by atoms with Crippen molar-refractivity contribution in [3.63, 3.8) is 0 Å². The fourth-order valence-electron chi connectivity index (χ4n) is 3.24. The monoisotopic (exact) mass is 260 g/mol. The molecule has 2 fully saturated rings. The lowest BCUT2D eigenvalue weighted by Crippen LogP contribution is -2.33. The van der Waals surface area contributed by atoms with Crippen molar-refractivity contribution < 1.29 is 9.53 Å². The molecule has 1 saturated heterocycles. The minimum Gasteiger partial charge on any atom is -0.484 e. The first-order valence-corrected chi connectivity index (χ1v) is 6.98. The molecule has 1 aliphatic heterocycles. The number of hydrogen-bond donors (Lipinski definition) is 1. The van der Waals surface area contributed by atoms with E-state index >= 15 is 0 Å². The Labute approximate surface area is 113 Å². The summed E-state index contributed by atoms with van der Waals surface area (Å²) < 4.78 is 5.51. The first-order valence-electron chi connectivity index (χ1n) is 6.98. The molecule has 4 nitrogen and oxygen atoms in total. The quantitative estimate of drug-likeness (QED) is 0.845. The van der Waals surface area contributed by atoms with Crippen LogP contribution in [0.4, 0.5) is 5.69 Å². The number of likely N-dealkylation sites (tertiary alicyclic amines) is 1. The zero-order chi connectivity index (χ0) is 13.2. The highest BCUT2D eigenvalue weighted by Crippen LogP contribution is 2.37. The molecular formula is C15H20N2O2. The van der Waals surface area contributed by atoms with Crippen molar-refractivity contribution >= 4 is 11.6 Å². The van der Waals surface area contributed by atoms with E-state index in [0.29, 0.717) is 11.4 Å². The van der Waals surface area contributed by atoms with Crippen LogP contribution < -0.4 is 10.5 Å². The second kappa shape index (κ2) is 5.11. The molecule has 1 amide bonds. The Hall–Kier alpha value is -1.71. The molecule has 0 bridgehead atoms. The SMILES string of the molecule is Nc1ccc(OCC(=O)N2CC3CCCC3C2)cc1. The number of nitrogen functional groups attached to an aromatic ring is 1. The molecule has 1 saturated carbocycles. The molecule has 2 unspecified atom stereocenters. The maximum absolute atomic E-state index is 12.1. The van der Waals surface area contributed by atoms with Crippen molar-refractivity contribution in [1.29, 1.82) is 0 Å². The van der Waals surface area contributed by atoms with Crippen LogP contribution in [0.25, 0.3) is 0 Å². The van der Waals surface area contributed by atoms with E-state index < -0.39 is 0 Å². The van der Waals surface area contributed by atoms with Crippen LogP contribution in [0.15, 0.2) is 24.3 Å². The summed E-state index contributed by atoms with van der Waals surface area (Å²) in [5.41, 5.74) is 6.30. The summed E-state index contributed by atoms with van der Waals surface area (Å²) in [6, 6.07) is 7.14. The normalized spacial score (nSPS) is 25.4. The van der Waals surface area contributed by atoms with Crippen molar-refractivity contribution in [3.8, 4) is 5.75 Å². The molecule has 0 spiro atoms. The van der Waals surface area contributed by atoms with Gasteiger partial charge in [0, 0.05) is 18.8 Å². The average molecular weight is 260 g/mol. The standard InChI is InChI=1S/C15H20N2O2/c16-13-4-6-14(7-5-13)19-10-15(18)17-8-11-2-1-3-12(11)9-17/h4-7,11-12H,1-3,8-10,16H2. The Kier molecular flexibility index (Phi) is 3.32. The van der Waals surface area contributed by atoms with E-state index in [9.17, 15) is 4.79 Å². The Morgan fingerprint density at radius 3 is 2.47 bits per heavy atom. The molecule has 4 heteroatoms. The first-order chi connectivity index (χ1) is 9.22. The summed E-state index contributed by atoms with van der Waals surface area (Å²) in [6.07, 6.45) is 3.90. The number of amides is 1. The van der Waals surface area contributed by atoms with Gasteiger partial charge >= 0.3 is 0 Å². The molecule has 1 aliphatic carbocycles. The second-order valence-electron chi connectivity index (χ2n) is 5.61. The van der Waals surface area contributed by atoms with Crippen molar-refractivity contribution in [2.24, 2.45) is 11.8 Å². The van der Waals surface area contributed by atoms with E-state index in [1.165, 1.54) is 19.3 Å². The predicted molar refractivity (Wildman–Crippen MR) is 73.8 cm³/mol. The molecule has 0 aromatic heterocycles. The van der Waals surface area contributed by atoms with Gasteiger partial charge in [-0.05, 0) is 48.9 Å². The predicted octanol–water partition coefficient (Wildman–Crippen LogP) is 1.91. The van der Waals surface area contributed by atoms with E-state index in [2.05, 4.69) is 0 Å². The number of fused-ring (bicyclic) bond motifs is 1. The number of carbonyl (C=O) groups is 1. The highest BCUT2D eigenvalue weighted by molar-refractivity contribution is 5.78. The average Bonchev–Trinajstić information content (AvgIpc) is 2.98. The fourth-order valence-corrected chi connectivity index (χ4v) is 3.24. The van der Waals surface area contributed by atoms with Crippen LogP contribution >= 0.6 is 0 Å². The summed E-state index contributed by atoms with van der Waals surface area (Å²) in [7, 11) is 0. The third-order valence-electron chi connectivity index (χ3n) is 4.32. The highest BCUT2D eigenvalue weighted by Gasteiger charge is 2.37. The molecule has 19 heavy (non-hydrogen) atoms. The molecule has 2 atom stereocenters. The summed E-state index contributed by atoms with van der Waals surface area (Å²) in [5, 5.41) is 0. The third-order valence-corrected chi connectivity index (χ3v) is 4.32. The Bertz CT molecular complexity index is 446. The maximum Gasteiger partial charge on any atom is 0.260 e. The van der Waals surface area contributed by atoms with Crippen LogP contribution in [0.1, 0.15) is 19.3 Å². The molecule has 1 aromatic rings. The van der Waals surface area contributed by atoms with Crippen LogP contribution in [0.2, 0.25) is 0 Å². The molecule has 0 radical (unpaired) electrons. The van der Waals surface area contributed by atoms with E-state index in [4.69, 9.17) is 10.5 Å². The van der Waals surface area contributed by atoms with Crippen LogP contribution in [-0.4, -0.2) is 30.5 Å². The van der Waals surface area contributed by atoms with Crippen LogP contribution in [0.3, 0.4) is 0 Å². The lowest BCUT2D eigenvalue weighted by Gasteiger charge is -2.17. The van der Waals surface area contributed by atoms with Gasteiger partial charge < -0.3 is 15.4 Å². The van der Waals surface area contributed by atoms with Gasteiger partial charge in [0.05, 0.1) is 0 Å². The van der Waals surface area contributed by atoms with Gasteiger partial charge in [-0.1, -0.05) is 6.42 Å². The Balaban J connectivity index is 1.50. The number of ether oxygens (including phenoxy) is 1. The van der Waals surface area contributed by atoms with Crippen molar-refractivity contribution in [2.45, 2.75) is 19.3 Å². The summed E-state index contributed by atoms with van der Waals surface area (Å²) >= 11 is 0. The summed E-state index contributed by atoms with van der Waals surface area (Å²) in [6.45, 7) is 1.98. The summed E-state index contributed by atoms with van der Waals surface area (Å²) in [4.78, 5) is 14.1. The van der Waals surface area contributed by atoms with Crippen LogP contribution in [0.5, 0.6) is 5.75 Å². The molecule has 2 N–H and O–H groups in total. The zero-order valence-corrected chi connectivity index (χ0v) is 11.0. The number of hydrogen-bond acceptors (Lipinski definition) is 3. The van der Waals surface area contributed by atoms with Crippen LogP contribution in [0, 0.1) is 11.8 Å². The van der Waals surface area contributed by atoms with E-state index in [1.54, 1.807) is 24.3 Å². The number of nitrogens with zero attached hydrogens (tertiary/aromatic N) is 1. The smallest absolute Gasteiger partial charge is 0.260 e. The molecule has 102 valence electrons. The van der Waals surface area contributed by atoms with Gasteiger partial charge in [0.1, 0.15) is 5.75 Å². The largest absolute Gasteiger partial charge is 0.484 e. The van der Waals surface area contributed by atoms with E-state index in [0.717, 1.165) is 24.9 Å². The molecule has 3 rings (SSSR count). The molecule has 2 aliphatic rings. The first kappa shape index (κ1) is 12.3. The van der Waals surface area contributed by atoms with Gasteiger partial charge in [0.25, 0.3) is 5.91 Å². The van der Waals surface area contributed by atoms with E-state index in [1.807, 2.05) is 4.90 Å². The van der Waals surface area contributed by atoms with E-state index in [-0.39, 0.29) is 12.5 Å². The molecular weight excluding hydrogens is 240 g/mol. The number of anilines is 1. The lowest BCUT2D eigenvalue weighted by atomic mass is 10.0. The Morgan fingerprint density at radius 2 is 1.84 bits per heavy atom. The highest BCUT2D eigenvalue weighted by atomic mass is 16.5. The summed E-state index contributed by atoms with van der Waals surface area (Å²) in [5.74, 6) is 2.27. The Morgan fingerprint density at radius 1 is 1.21 bits per heavy atom. The van der Waals surface area contributed by atoms with Crippen LogP contribution in [-0.2, 0) is 4.79 Å². The minimum absolute atomic E-state index is 0.103. The van der Waals surface area contributed by atoms with Crippen molar-refractivity contribution in [2.75, 3.05) is 25.4 Å². The second-order valence-corrected chi connectivity index (χ2v) is 5.61. The number of benzene rings is 1. The van der Waals surface area contributed by atoms with Gasteiger partial charge in [-0.3, -0.25) is 4.79 Å². The van der Waals surface area contributed by atoms with Crippen molar-refractivity contribution in [1.82, 2.24) is 4.90 Å². The number of nitrogens with two attached hydrogens (primary N) is 1. The lowest BCUT2D eigenvalue weighted by molar-refractivity contribution is -0.132. The minimum atomic E-state index is 0.103. The maximum atomic E-state index is 12.1. The third kappa shape index (κ3) is 2.67. The number of rotatable bonds is 3. The van der Waals surface area contributed by atoms with Crippen molar-refractivity contribution in [3.05, 3.63) is 24.3 Å². The van der Waals surface area contributed by atoms with Gasteiger partial charge in [-0.15, -0.1) is 0 Å².